The summed E-state index contributed by atoms with van der Waals surface area (Å²) in [4.78, 5) is 6.51. The highest BCUT2D eigenvalue weighted by Crippen LogP contribution is 2.21. The summed E-state index contributed by atoms with van der Waals surface area (Å²) in [5.41, 5.74) is 1.82. The van der Waals surface area contributed by atoms with Gasteiger partial charge in [-0.25, -0.2) is 0 Å². The molecule has 1 aromatic heterocycles. The highest BCUT2D eigenvalue weighted by atomic mass is 16.5. The first-order chi connectivity index (χ1) is 8.22. The van der Waals surface area contributed by atoms with E-state index in [2.05, 4.69) is 16.9 Å². The molecular formula is C13H20N2O2. The molecule has 1 N–H and O–H groups in total. The maximum atomic E-state index is 9.67. The largest absolute Gasteiger partial charge is 0.387 e. The number of hydrogen-bond donors (Lipinski definition) is 1. The number of nitrogens with zero attached hydrogens (tertiary/aromatic N) is 2. The van der Waals surface area contributed by atoms with Crippen molar-refractivity contribution < 1.29 is 9.84 Å². The lowest BCUT2D eigenvalue weighted by Gasteiger charge is -2.25. The molecule has 1 aromatic rings. The molecular weight excluding hydrogens is 216 g/mol. The summed E-state index contributed by atoms with van der Waals surface area (Å²) >= 11 is 0. The van der Waals surface area contributed by atoms with E-state index in [4.69, 9.17) is 4.74 Å². The van der Waals surface area contributed by atoms with Crippen molar-refractivity contribution in [2.75, 3.05) is 25.2 Å². The van der Waals surface area contributed by atoms with Crippen LogP contribution >= 0.6 is 0 Å². The number of rotatable bonds is 4. The van der Waals surface area contributed by atoms with Crippen molar-refractivity contribution in [3.8, 4) is 0 Å². The zero-order valence-corrected chi connectivity index (χ0v) is 10.5. The van der Waals surface area contributed by atoms with Gasteiger partial charge in [0.2, 0.25) is 0 Å². The topological polar surface area (TPSA) is 45.6 Å². The van der Waals surface area contributed by atoms with Crippen LogP contribution < -0.4 is 4.90 Å². The van der Waals surface area contributed by atoms with Gasteiger partial charge in [-0.2, -0.15) is 0 Å². The van der Waals surface area contributed by atoms with E-state index in [0.717, 1.165) is 31.0 Å². The van der Waals surface area contributed by atoms with Gasteiger partial charge in [-0.1, -0.05) is 6.92 Å². The molecule has 1 fully saturated rings. The Morgan fingerprint density at radius 1 is 1.59 bits per heavy atom. The summed E-state index contributed by atoms with van der Waals surface area (Å²) in [6.45, 7) is 3.58. The molecule has 1 aliphatic heterocycles. The first-order valence-corrected chi connectivity index (χ1v) is 6.17. The highest BCUT2D eigenvalue weighted by molar-refractivity contribution is 5.45. The van der Waals surface area contributed by atoms with E-state index in [1.54, 1.807) is 0 Å². The third-order valence-corrected chi connectivity index (χ3v) is 3.36. The molecule has 0 aromatic carbocycles. The maximum absolute atomic E-state index is 9.67. The smallest absolute Gasteiger partial charge is 0.0957 e. The predicted molar refractivity (Wildman–Crippen MR) is 67.1 cm³/mol. The van der Waals surface area contributed by atoms with Crippen LogP contribution in [0.1, 0.15) is 31.6 Å². The summed E-state index contributed by atoms with van der Waals surface area (Å²) in [6, 6.07) is 4.36. The van der Waals surface area contributed by atoms with Crippen molar-refractivity contribution in [2.24, 2.45) is 0 Å². The zero-order valence-electron chi connectivity index (χ0n) is 10.5. The lowest BCUT2D eigenvalue weighted by Crippen LogP contribution is -2.31. The number of likely N-dealkylation sites (N-methyl/N-ethyl adjacent to an activating group) is 1. The van der Waals surface area contributed by atoms with Crippen LogP contribution in [0.2, 0.25) is 0 Å². The van der Waals surface area contributed by atoms with Gasteiger partial charge in [-0.05, 0) is 25.0 Å². The molecule has 0 spiro atoms. The van der Waals surface area contributed by atoms with E-state index in [1.807, 2.05) is 25.3 Å². The molecule has 1 saturated heterocycles. The molecule has 4 heteroatoms. The van der Waals surface area contributed by atoms with Crippen LogP contribution in [0.25, 0.3) is 0 Å². The Morgan fingerprint density at radius 2 is 2.41 bits per heavy atom. The summed E-state index contributed by atoms with van der Waals surface area (Å²) in [5, 5.41) is 9.67. The molecule has 94 valence electrons. The van der Waals surface area contributed by atoms with Crippen LogP contribution in [-0.4, -0.2) is 36.4 Å². The van der Waals surface area contributed by atoms with E-state index in [9.17, 15) is 5.11 Å². The van der Waals surface area contributed by atoms with Gasteiger partial charge < -0.3 is 14.7 Å². The van der Waals surface area contributed by atoms with E-state index >= 15 is 0 Å². The Morgan fingerprint density at radius 3 is 2.94 bits per heavy atom. The molecule has 17 heavy (non-hydrogen) atoms. The number of hydrogen-bond acceptors (Lipinski definition) is 4. The third kappa shape index (κ3) is 2.76. The Labute approximate surface area is 102 Å². The highest BCUT2D eigenvalue weighted by Gasteiger charge is 2.20. The van der Waals surface area contributed by atoms with Gasteiger partial charge in [0.1, 0.15) is 0 Å². The van der Waals surface area contributed by atoms with E-state index < -0.39 is 6.10 Å². The minimum absolute atomic E-state index is 0.443. The number of aliphatic hydroxyl groups excluding tert-OH is 1. The van der Waals surface area contributed by atoms with Crippen molar-refractivity contribution in [3.05, 3.63) is 24.0 Å². The summed E-state index contributed by atoms with van der Waals surface area (Å²) < 4.78 is 5.38. The van der Waals surface area contributed by atoms with Crippen LogP contribution in [0, 0.1) is 0 Å². The average Bonchev–Trinajstić information content (AvgIpc) is 2.91. The van der Waals surface area contributed by atoms with Crippen LogP contribution in [0.15, 0.2) is 18.3 Å². The van der Waals surface area contributed by atoms with Gasteiger partial charge in [-0.3, -0.25) is 4.98 Å². The normalized spacial score (nSPS) is 21.5. The lowest BCUT2D eigenvalue weighted by atomic mass is 10.1. The molecule has 0 saturated carbocycles. The standard InChI is InChI=1S/C13H20N2O2/c1-3-13(16)12-5-4-10(8-14-12)15(2)11-6-7-17-9-11/h4-5,8,11,13,16H,3,6-7,9H2,1-2H3. The molecule has 4 nitrogen and oxygen atoms in total. The molecule has 2 atom stereocenters. The molecule has 1 aliphatic rings. The van der Waals surface area contributed by atoms with E-state index in [0.29, 0.717) is 12.5 Å². The van der Waals surface area contributed by atoms with Gasteiger partial charge in [0.25, 0.3) is 0 Å². The number of anilines is 1. The lowest BCUT2D eigenvalue weighted by molar-refractivity contribution is 0.169. The first-order valence-electron chi connectivity index (χ1n) is 6.17. The second kappa shape index (κ2) is 5.47. The van der Waals surface area contributed by atoms with Crippen LogP contribution in [0.5, 0.6) is 0 Å². The fraction of sp³-hybridized carbons (Fsp3) is 0.615. The van der Waals surface area contributed by atoms with Crippen molar-refractivity contribution in [3.63, 3.8) is 0 Å². The molecule has 2 unspecified atom stereocenters. The zero-order chi connectivity index (χ0) is 12.3. The third-order valence-electron chi connectivity index (χ3n) is 3.36. The van der Waals surface area contributed by atoms with Crippen molar-refractivity contribution in [2.45, 2.75) is 31.9 Å². The fourth-order valence-corrected chi connectivity index (χ4v) is 2.05. The van der Waals surface area contributed by atoms with E-state index in [1.165, 1.54) is 0 Å². The first kappa shape index (κ1) is 12.3. The summed E-state index contributed by atoms with van der Waals surface area (Å²) in [5.74, 6) is 0. The molecule has 2 rings (SSSR count). The van der Waals surface area contributed by atoms with Gasteiger partial charge in [-0.15, -0.1) is 0 Å². The van der Waals surface area contributed by atoms with Gasteiger partial charge in [0.05, 0.1) is 36.3 Å². The van der Waals surface area contributed by atoms with Crippen molar-refractivity contribution >= 4 is 5.69 Å². The predicted octanol–water partition coefficient (Wildman–Crippen LogP) is 1.75. The second-order valence-electron chi connectivity index (χ2n) is 4.49. The molecule has 0 aliphatic carbocycles. The maximum Gasteiger partial charge on any atom is 0.0957 e. The number of pyridine rings is 1. The Hall–Kier alpha value is -1.13. The summed E-state index contributed by atoms with van der Waals surface area (Å²) in [6.07, 6.45) is 3.13. The van der Waals surface area contributed by atoms with Crippen molar-refractivity contribution in [1.82, 2.24) is 4.98 Å². The molecule has 0 radical (unpaired) electrons. The fourth-order valence-electron chi connectivity index (χ4n) is 2.05. The molecule has 0 amide bonds. The van der Waals surface area contributed by atoms with Gasteiger partial charge in [0, 0.05) is 13.7 Å². The Kier molecular flexibility index (Phi) is 3.97. The van der Waals surface area contributed by atoms with E-state index in [-0.39, 0.29) is 0 Å². The summed E-state index contributed by atoms with van der Waals surface area (Å²) in [7, 11) is 2.06. The van der Waals surface area contributed by atoms with Crippen LogP contribution in [0.4, 0.5) is 5.69 Å². The monoisotopic (exact) mass is 236 g/mol. The molecule has 2 heterocycles. The second-order valence-corrected chi connectivity index (χ2v) is 4.49. The SMILES string of the molecule is CCC(O)c1ccc(N(C)C2CCOC2)cn1. The number of aromatic nitrogens is 1. The Balaban J connectivity index is 2.06. The average molecular weight is 236 g/mol. The number of ether oxygens (including phenoxy) is 1. The quantitative estimate of drug-likeness (QED) is 0.865. The Bertz CT molecular complexity index is 347. The van der Waals surface area contributed by atoms with Gasteiger partial charge in [0.15, 0.2) is 0 Å². The minimum atomic E-state index is -0.454. The number of aliphatic hydroxyl groups is 1. The molecule has 0 bridgehead atoms. The van der Waals surface area contributed by atoms with Crippen LogP contribution in [0.3, 0.4) is 0 Å². The van der Waals surface area contributed by atoms with Gasteiger partial charge >= 0.3 is 0 Å². The minimum Gasteiger partial charge on any atom is -0.387 e. The van der Waals surface area contributed by atoms with Crippen LogP contribution in [-0.2, 0) is 4.74 Å². The van der Waals surface area contributed by atoms with Crippen molar-refractivity contribution in [1.29, 1.82) is 0 Å².